The van der Waals surface area contributed by atoms with Crippen LogP contribution < -0.4 is 0 Å². The smallest absolute Gasteiger partial charge is 0.243 e. The largest absolute Gasteiger partial charge is 0.370 e. The van der Waals surface area contributed by atoms with Gasteiger partial charge < -0.3 is 4.74 Å². The zero-order chi connectivity index (χ0) is 17.3. The van der Waals surface area contributed by atoms with Crippen molar-refractivity contribution in [3.63, 3.8) is 0 Å². The zero-order valence-corrected chi connectivity index (χ0v) is 14.8. The van der Waals surface area contributed by atoms with Gasteiger partial charge in [-0.05, 0) is 17.7 Å². The average Bonchev–Trinajstić information content (AvgIpc) is 2.62. The van der Waals surface area contributed by atoms with Crippen LogP contribution in [-0.2, 0) is 21.3 Å². The predicted molar refractivity (Wildman–Crippen MR) is 95.6 cm³/mol. The summed E-state index contributed by atoms with van der Waals surface area (Å²) in [6.07, 6.45) is -0.149. The Bertz CT molecular complexity index is 797. The van der Waals surface area contributed by atoms with Crippen LogP contribution >= 0.6 is 0 Å². The first kappa shape index (κ1) is 16.7. The van der Waals surface area contributed by atoms with Crippen molar-refractivity contribution in [1.29, 1.82) is 0 Å². The average molecular weight is 358 g/mol. The van der Waals surface area contributed by atoms with E-state index in [-0.39, 0.29) is 12.2 Å². The van der Waals surface area contributed by atoms with Crippen molar-refractivity contribution >= 4 is 10.0 Å². The summed E-state index contributed by atoms with van der Waals surface area (Å²) >= 11 is 0. The molecule has 0 aliphatic carbocycles. The quantitative estimate of drug-likeness (QED) is 0.838. The Labute approximate surface area is 148 Å². The van der Waals surface area contributed by atoms with E-state index >= 15 is 0 Å². The Hall–Kier alpha value is -1.73. The predicted octanol–water partition coefficient (Wildman–Crippen LogP) is 1.96. The number of hydrogen-bond donors (Lipinski definition) is 0. The van der Waals surface area contributed by atoms with Crippen molar-refractivity contribution in [2.24, 2.45) is 0 Å². The standard InChI is InChI=1S/C19H22N2O3S/c22-25(23,19-9-5-2-6-10-19)21-14-17-12-20(13-18(15-21)24-17)11-16-7-3-1-4-8-16/h1-10,17-18H,11-15H2/t17-,18+. The maximum Gasteiger partial charge on any atom is 0.243 e. The van der Waals surface area contributed by atoms with Crippen molar-refractivity contribution in [2.75, 3.05) is 26.2 Å². The lowest BCUT2D eigenvalue weighted by Crippen LogP contribution is -2.60. The van der Waals surface area contributed by atoms with Crippen LogP contribution in [0, 0.1) is 0 Å². The lowest BCUT2D eigenvalue weighted by Gasteiger charge is -2.45. The highest BCUT2D eigenvalue weighted by Gasteiger charge is 2.39. The van der Waals surface area contributed by atoms with Crippen LogP contribution in [0.4, 0.5) is 0 Å². The molecule has 25 heavy (non-hydrogen) atoms. The second-order valence-electron chi connectivity index (χ2n) is 6.69. The molecule has 2 fully saturated rings. The van der Waals surface area contributed by atoms with Gasteiger partial charge in [-0.25, -0.2) is 8.42 Å². The molecular weight excluding hydrogens is 336 g/mol. The Morgan fingerprint density at radius 2 is 1.40 bits per heavy atom. The zero-order valence-electron chi connectivity index (χ0n) is 14.0. The second kappa shape index (κ2) is 6.88. The van der Waals surface area contributed by atoms with E-state index in [1.54, 1.807) is 28.6 Å². The first-order valence-electron chi connectivity index (χ1n) is 8.58. The van der Waals surface area contributed by atoms with Crippen LogP contribution in [0.25, 0.3) is 0 Å². The Morgan fingerprint density at radius 1 is 0.840 bits per heavy atom. The maximum atomic E-state index is 12.8. The first-order chi connectivity index (χ1) is 12.1. The third-order valence-corrected chi connectivity index (χ3v) is 6.60. The molecule has 4 rings (SSSR count). The molecule has 5 nitrogen and oxygen atoms in total. The van der Waals surface area contributed by atoms with Crippen molar-refractivity contribution in [3.05, 3.63) is 66.2 Å². The van der Waals surface area contributed by atoms with Crippen LogP contribution in [0.5, 0.6) is 0 Å². The fourth-order valence-electron chi connectivity index (χ4n) is 3.65. The third-order valence-electron chi connectivity index (χ3n) is 4.75. The molecule has 0 unspecified atom stereocenters. The van der Waals surface area contributed by atoms with Gasteiger partial charge in [0.25, 0.3) is 0 Å². The maximum absolute atomic E-state index is 12.8. The molecule has 0 N–H and O–H groups in total. The molecule has 2 aliphatic heterocycles. The molecule has 0 amide bonds. The van der Waals surface area contributed by atoms with Crippen molar-refractivity contribution in [3.8, 4) is 0 Å². The van der Waals surface area contributed by atoms with Crippen LogP contribution in [0.3, 0.4) is 0 Å². The van der Waals surface area contributed by atoms with Crippen LogP contribution in [0.1, 0.15) is 5.56 Å². The first-order valence-corrected chi connectivity index (χ1v) is 10.0. The highest BCUT2D eigenvalue weighted by Crippen LogP contribution is 2.25. The van der Waals surface area contributed by atoms with Crippen LogP contribution in [0.2, 0.25) is 0 Å². The van der Waals surface area contributed by atoms with Gasteiger partial charge in [0.15, 0.2) is 0 Å². The third kappa shape index (κ3) is 3.62. The summed E-state index contributed by atoms with van der Waals surface area (Å²) in [6.45, 7) is 3.22. The summed E-state index contributed by atoms with van der Waals surface area (Å²) in [4.78, 5) is 2.72. The summed E-state index contributed by atoms with van der Waals surface area (Å²) < 4.78 is 33.3. The molecule has 2 aromatic rings. The van der Waals surface area contributed by atoms with Crippen LogP contribution in [-0.4, -0.2) is 56.0 Å². The van der Waals surface area contributed by atoms with Gasteiger partial charge in [-0.3, -0.25) is 4.90 Å². The number of hydrogen-bond acceptors (Lipinski definition) is 4. The normalized spacial score (nSPS) is 25.0. The molecule has 0 saturated carbocycles. The van der Waals surface area contributed by atoms with Gasteiger partial charge in [0.05, 0.1) is 17.1 Å². The number of fused-ring (bicyclic) bond motifs is 2. The summed E-state index contributed by atoms with van der Waals surface area (Å²) in [5, 5.41) is 0. The van der Waals surface area contributed by atoms with E-state index in [0.717, 1.165) is 19.6 Å². The monoisotopic (exact) mass is 358 g/mol. The molecule has 132 valence electrons. The van der Waals surface area contributed by atoms with Crippen LogP contribution in [0.15, 0.2) is 65.6 Å². The fourth-order valence-corrected chi connectivity index (χ4v) is 5.17. The Morgan fingerprint density at radius 3 is 2.00 bits per heavy atom. The summed E-state index contributed by atoms with van der Waals surface area (Å²) in [5.41, 5.74) is 1.27. The fraction of sp³-hybridized carbons (Fsp3) is 0.368. The lowest BCUT2D eigenvalue weighted by atomic mass is 10.1. The minimum absolute atomic E-state index is 0.0744. The van der Waals surface area contributed by atoms with E-state index in [1.165, 1.54) is 5.56 Å². The van der Waals surface area contributed by atoms with Crippen molar-refractivity contribution in [1.82, 2.24) is 9.21 Å². The van der Waals surface area contributed by atoms with Gasteiger partial charge in [-0.2, -0.15) is 4.31 Å². The highest BCUT2D eigenvalue weighted by atomic mass is 32.2. The van der Waals surface area contributed by atoms with E-state index in [1.807, 2.05) is 24.3 Å². The number of rotatable bonds is 4. The van der Waals surface area contributed by atoms with Gasteiger partial charge in [0.1, 0.15) is 0 Å². The van der Waals surface area contributed by atoms with Gasteiger partial charge in [-0.1, -0.05) is 48.5 Å². The van der Waals surface area contributed by atoms with E-state index in [2.05, 4.69) is 17.0 Å². The lowest BCUT2D eigenvalue weighted by molar-refractivity contribution is -0.124. The molecule has 2 atom stereocenters. The van der Waals surface area contributed by atoms with Crippen molar-refractivity contribution < 1.29 is 13.2 Å². The van der Waals surface area contributed by atoms with E-state index in [0.29, 0.717) is 18.0 Å². The van der Waals surface area contributed by atoms with Gasteiger partial charge in [-0.15, -0.1) is 0 Å². The molecule has 2 saturated heterocycles. The Balaban J connectivity index is 1.45. The minimum Gasteiger partial charge on any atom is -0.370 e. The number of benzene rings is 2. The minimum atomic E-state index is -3.45. The number of ether oxygens (including phenoxy) is 1. The van der Waals surface area contributed by atoms with Gasteiger partial charge >= 0.3 is 0 Å². The molecule has 0 radical (unpaired) electrons. The second-order valence-corrected chi connectivity index (χ2v) is 8.63. The SMILES string of the molecule is O=S(=O)(c1ccccc1)N1C[C@H]2CN(Cc3ccccc3)C[C@@H](C1)O2. The summed E-state index contributed by atoms with van der Waals surface area (Å²) in [6, 6.07) is 19.0. The van der Waals surface area contributed by atoms with E-state index in [4.69, 9.17) is 4.74 Å². The van der Waals surface area contributed by atoms with Gasteiger partial charge in [0, 0.05) is 32.7 Å². The summed E-state index contributed by atoms with van der Waals surface area (Å²) in [5.74, 6) is 0. The molecule has 6 heteroatoms. The molecule has 2 aromatic carbocycles. The Kier molecular flexibility index (Phi) is 4.60. The molecule has 0 spiro atoms. The molecule has 2 bridgehead atoms. The number of sulfonamides is 1. The van der Waals surface area contributed by atoms with E-state index < -0.39 is 10.0 Å². The molecule has 2 heterocycles. The summed E-state index contributed by atoms with van der Waals surface area (Å²) in [7, 11) is -3.45. The number of nitrogens with zero attached hydrogens (tertiary/aromatic N) is 2. The molecule has 0 aromatic heterocycles. The van der Waals surface area contributed by atoms with E-state index in [9.17, 15) is 8.42 Å². The highest BCUT2D eigenvalue weighted by molar-refractivity contribution is 7.89. The number of morpholine rings is 2. The van der Waals surface area contributed by atoms with Gasteiger partial charge in [0.2, 0.25) is 10.0 Å². The topological polar surface area (TPSA) is 49.9 Å². The molecular formula is C19H22N2O3S. The molecule has 2 aliphatic rings. The van der Waals surface area contributed by atoms with Crippen molar-refractivity contribution in [2.45, 2.75) is 23.6 Å².